The summed E-state index contributed by atoms with van der Waals surface area (Å²) in [6.07, 6.45) is 2.69. The van der Waals surface area contributed by atoms with Crippen LogP contribution in [0.15, 0.2) is 30.3 Å². The number of fused-ring (bicyclic) bond motifs is 1. The van der Waals surface area contributed by atoms with Crippen LogP contribution in [0.4, 0.5) is 0 Å². The lowest BCUT2D eigenvalue weighted by molar-refractivity contribution is 0.0533. The Morgan fingerprint density at radius 3 is 2.91 bits per heavy atom. The van der Waals surface area contributed by atoms with Gasteiger partial charge in [0.2, 0.25) is 0 Å². The lowest BCUT2D eigenvalue weighted by atomic mass is 10.1. The fourth-order valence-electron chi connectivity index (χ4n) is 3.85. The largest absolute Gasteiger partial charge is 0.298 e. The van der Waals surface area contributed by atoms with Crippen molar-refractivity contribution in [2.45, 2.75) is 38.4 Å². The lowest BCUT2D eigenvalue weighted by Crippen LogP contribution is -2.54. The molecule has 1 unspecified atom stereocenters. The number of rotatable bonds is 3. The molecule has 0 spiro atoms. The molecule has 116 valence electrons. The molecule has 4 rings (SSSR count). The van der Waals surface area contributed by atoms with E-state index in [0.29, 0.717) is 6.04 Å². The van der Waals surface area contributed by atoms with Gasteiger partial charge in [-0.25, -0.2) is 0 Å². The first-order valence-electron chi connectivity index (χ1n) is 8.24. The number of piperazine rings is 1. The van der Waals surface area contributed by atoms with Crippen LogP contribution in [0.2, 0.25) is 0 Å². The van der Waals surface area contributed by atoms with Crippen molar-refractivity contribution in [1.82, 2.24) is 25.2 Å². The molecule has 0 radical (unpaired) electrons. The predicted molar refractivity (Wildman–Crippen MR) is 86.3 cm³/mol. The second-order valence-corrected chi connectivity index (χ2v) is 6.55. The third-order valence-corrected chi connectivity index (χ3v) is 5.09. The van der Waals surface area contributed by atoms with Gasteiger partial charge in [0.1, 0.15) is 11.4 Å². The van der Waals surface area contributed by atoms with E-state index in [1.807, 2.05) is 18.2 Å². The van der Waals surface area contributed by atoms with Gasteiger partial charge in [-0.2, -0.15) is 15.4 Å². The quantitative estimate of drug-likeness (QED) is 0.943. The van der Waals surface area contributed by atoms with Crippen molar-refractivity contribution in [3.8, 4) is 11.3 Å². The summed E-state index contributed by atoms with van der Waals surface area (Å²) in [6, 6.07) is 11.6. The van der Waals surface area contributed by atoms with E-state index in [9.17, 15) is 0 Å². The van der Waals surface area contributed by atoms with Crippen molar-refractivity contribution in [2.24, 2.45) is 0 Å². The molecule has 0 saturated carbocycles. The molecule has 3 heterocycles. The van der Waals surface area contributed by atoms with Crippen molar-refractivity contribution >= 4 is 0 Å². The number of aromatic nitrogens is 3. The molecule has 0 bridgehead atoms. The van der Waals surface area contributed by atoms with Gasteiger partial charge in [0.15, 0.2) is 0 Å². The van der Waals surface area contributed by atoms with Gasteiger partial charge < -0.3 is 0 Å². The monoisotopic (exact) mass is 297 g/mol. The molecule has 1 N–H and O–H groups in total. The van der Waals surface area contributed by atoms with Crippen molar-refractivity contribution < 1.29 is 0 Å². The predicted octanol–water partition coefficient (Wildman–Crippen LogP) is 2.14. The summed E-state index contributed by atoms with van der Waals surface area (Å²) >= 11 is 0. The molecule has 0 amide bonds. The standard InChI is InChI=1S/C17H23N5/c1-13-10-21-9-5-8-15(21)11-22(13)12-16-17(19-20-18-16)14-6-3-2-4-7-14/h2-4,6-7,13,15H,5,8-12H2,1H3,(H,18,19,20)/t13-,15?/m1/s1. The van der Waals surface area contributed by atoms with Gasteiger partial charge in [0.05, 0.1) is 0 Å². The van der Waals surface area contributed by atoms with E-state index >= 15 is 0 Å². The fourth-order valence-corrected chi connectivity index (χ4v) is 3.85. The first kappa shape index (κ1) is 13.9. The molecular weight excluding hydrogens is 274 g/mol. The van der Waals surface area contributed by atoms with Crippen molar-refractivity contribution in [2.75, 3.05) is 19.6 Å². The Bertz CT molecular complexity index is 623. The summed E-state index contributed by atoms with van der Waals surface area (Å²) in [5, 5.41) is 11.6. The highest BCUT2D eigenvalue weighted by atomic mass is 15.4. The maximum atomic E-state index is 4.42. The van der Waals surface area contributed by atoms with Gasteiger partial charge >= 0.3 is 0 Å². The highest BCUT2D eigenvalue weighted by Gasteiger charge is 2.34. The number of H-pyrrole nitrogens is 1. The second kappa shape index (κ2) is 5.82. The van der Waals surface area contributed by atoms with Crippen molar-refractivity contribution in [3.05, 3.63) is 36.0 Å². The minimum atomic E-state index is 0.578. The molecule has 1 aromatic heterocycles. The Balaban J connectivity index is 1.53. The van der Waals surface area contributed by atoms with E-state index in [1.54, 1.807) is 0 Å². The number of nitrogens with zero attached hydrogens (tertiary/aromatic N) is 4. The Labute approximate surface area is 131 Å². The summed E-state index contributed by atoms with van der Waals surface area (Å²) in [6.45, 7) is 6.83. The molecule has 2 fully saturated rings. The van der Waals surface area contributed by atoms with Gasteiger partial charge in [0.25, 0.3) is 0 Å². The maximum Gasteiger partial charge on any atom is 0.117 e. The third-order valence-electron chi connectivity index (χ3n) is 5.09. The zero-order valence-electron chi connectivity index (χ0n) is 13.1. The summed E-state index contributed by atoms with van der Waals surface area (Å²) in [4.78, 5) is 5.22. The Kier molecular flexibility index (Phi) is 3.68. The Hall–Kier alpha value is -1.72. The van der Waals surface area contributed by atoms with E-state index in [2.05, 4.69) is 44.3 Å². The average molecular weight is 297 g/mol. The van der Waals surface area contributed by atoms with E-state index in [4.69, 9.17) is 0 Å². The van der Waals surface area contributed by atoms with Gasteiger partial charge in [-0.15, -0.1) is 0 Å². The summed E-state index contributed by atoms with van der Waals surface area (Å²) in [5.41, 5.74) is 3.18. The minimum Gasteiger partial charge on any atom is -0.298 e. The summed E-state index contributed by atoms with van der Waals surface area (Å²) in [5.74, 6) is 0. The van der Waals surface area contributed by atoms with Crippen LogP contribution in [0, 0.1) is 0 Å². The average Bonchev–Trinajstić information content (AvgIpc) is 3.17. The molecule has 2 aromatic rings. The number of aromatic amines is 1. The number of hydrogen-bond acceptors (Lipinski definition) is 4. The maximum absolute atomic E-state index is 4.42. The van der Waals surface area contributed by atoms with Crippen LogP contribution in [-0.4, -0.2) is 56.9 Å². The summed E-state index contributed by atoms with van der Waals surface area (Å²) in [7, 11) is 0. The van der Waals surface area contributed by atoms with Crippen molar-refractivity contribution in [3.63, 3.8) is 0 Å². The highest BCUT2D eigenvalue weighted by molar-refractivity contribution is 5.60. The topological polar surface area (TPSA) is 48.0 Å². The van der Waals surface area contributed by atoms with E-state index in [1.165, 1.54) is 25.9 Å². The van der Waals surface area contributed by atoms with Crippen LogP contribution >= 0.6 is 0 Å². The minimum absolute atomic E-state index is 0.578. The van der Waals surface area contributed by atoms with Gasteiger partial charge in [-0.1, -0.05) is 30.3 Å². The summed E-state index contributed by atoms with van der Waals surface area (Å²) < 4.78 is 0. The number of nitrogens with one attached hydrogen (secondary N) is 1. The Morgan fingerprint density at radius 1 is 1.18 bits per heavy atom. The van der Waals surface area contributed by atoms with Crippen LogP contribution in [0.1, 0.15) is 25.5 Å². The first-order chi connectivity index (χ1) is 10.8. The molecule has 1 aromatic carbocycles. The molecule has 2 saturated heterocycles. The first-order valence-corrected chi connectivity index (χ1v) is 8.24. The SMILES string of the molecule is C[C@@H]1CN2CCCC2CN1Cc1n[nH]nc1-c1ccccc1. The lowest BCUT2D eigenvalue weighted by Gasteiger charge is -2.42. The van der Waals surface area contributed by atoms with Gasteiger partial charge in [-0.05, 0) is 26.3 Å². The molecule has 2 atom stereocenters. The molecule has 2 aliphatic rings. The van der Waals surface area contributed by atoms with Crippen LogP contribution in [0.3, 0.4) is 0 Å². The van der Waals surface area contributed by atoms with E-state index in [0.717, 1.165) is 36.1 Å². The van der Waals surface area contributed by atoms with Gasteiger partial charge in [-0.3, -0.25) is 9.80 Å². The molecule has 2 aliphatic heterocycles. The normalized spacial score (nSPS) is 26.2. The van der Waals surface area contributed by atoms with E-state index < -0.39 is 0 Å². The third kappa shape index (κ3) is 2.55. The smallest absolute Gasteiger partial charge is 0.117 e. The number of hydrogen-bond donors (Lipinski definition) is 1. The molecule has 22 heavy (non-hydrogen) atoms. The van der Waals surface area contributed by atoms with Crippen molar-refractivity contribution in [1.29, 1.82) is 0 Å². The van der Waals surface area contributed by atoms with Crippen LogP contribution in [0.25, 0.3) is 11.3 Å². The number of benzene rings is 1. The highest BCUT2D eigenvalue weighted by Crippen LogP contribution is 2.27. The second-order valence-electron chi connectivity index (χ2n) is 6.55. The zero-order valence-corrected chi connectivity index (χ0v) is 13.1. The Morgan fingerprint density at radius 2 is 2.05 bits per heavy atom. The molecule has 5 heteroatoms. The van der Waals surface area contributed by atoms with Crippen LogP contribution < -0.4 is 0 Å². The zero-order chi connectivity index (χ0) is 14.9. The van der Waals surface area contributed by atoms with E-state index in [-0.39, 0.29) is 0 Å². The molecular formula is C17H23N5. The molecule has 5 nitrogen and oxygen atoms in total. The van der Waals surface area contributed by atoms with Gasteiger partial charge in [0, 0.05) is 37.3 Å². The van der Waals surface area contributed by atoms with Crippen LogP contribution in [-0.2, 0) is 6.54 Å². The fraction of sp³-hybridized carbons (Fsp3) is 0.529. The molecule has 0 aliphatic carbocycles. The van der Waals surface area contributed by atoms with Crippen LogP contribution in [0.5, 0.6) is 0 Å².